The molecule has 1 heterocycles. The quantitative estimate of drug-likeness (QED) is 0.758. The van der Waals surface area contributed by atoms with Crippen LogP contribution in [0, 0.1) is 13.8 Å². The summed E-state index contributed by atoms with van der Waals surface area (Å²) in [5, 5.41) is 4.82. The predicted octanol–water partition coefficient (Wildman–Crippen LogP) is 4.11. The van der Waals surface area contributed by atoms with Crippen LogP contribution < -0.4 is 10.0 Å². The van der Waals surface area contributed by atoms with Gasteiger partial charge in [0.15, 0.2) is 0 Å². The van der Waals surface area contributed by atoms with E-state index in [0.717, 1.165) is 36.8 Å². The number of thiophene rings is 1. The summed E-state index contributed by atoms with van der Waals surface area (Å²) in [6.07, 6.45) is 4.28. The smallest absolute Gasteiger partial charge is 0.240 e. The number of sulfonamides is 1. The highest BCUT2D eigenvalue weighted by Crippen LogP contribution is 2.42. The monoisotopic (exact) mass is 406 g/mol. The Morgan fingerprint density at radius 3 is 2.33 bits per heavy atom. The van der Waals surface area contributed by atoms with Crippen LogP contribution in [0.1, 0.15) is 48.6 Å². The maximum atomic E-state index is 12.9. The van der Waals surface area contributed by atoms with Crippen molar-refractivity contribution in [2.45, 2.75) is 56.8 Å². The highest BCUT2D eigenvalue weighted by atomic mass is 32.2. The summed E-state index contributed by atoms with van der Waals surface area (Å²) in [5.74, 6) is -0.172. The Hall–Kier alpha value is -1.70. The van der Waals surface area contributed by atoms with Crippen molar-refractivity contribution >= 4 is 33.0 Å². The average molecular weight is 407 g/mol. The van der Waals surface area contributed by atoms with Gasteiger partial charge in [-0.15, -0.1) is 11.3 Å². The van der Waals surface area contributed by atoms with Gasteiger partial charge < -0.3 is 5.32 Å². The first-order valence-electron chi connectivity index (χ1n) is 9.16. The normalized spacial score (nSPS) is 16.4. The Labute approximate surface area is 165 Å². The third-order valence-corrected chi connectivity index (χ3v) is 7.82. The third kappa shape index (κ3) is 4.25. The summed E-state index contributed by atoms with van der Waals surface area (Å²) in [6, 6.07) is 7.38. The molecule has 1 aliphatic rings. The second-order valence-corrected chi connectivity index (χ2v) is 10.1. The first-order chi connectivity index (χ1) is 12.7. The Morgan fingerprint density at radius 2 is 1.81 bits per heavy atom. The molecular weight excluding hydrogens is 380 g/mol. The molecule has 27 heavy (non-hydrogen) atoms. The largest absolute Gasteiger partial charge is 0.326 e. The molecule has 0 spiro atoms. The average Bonchev–Trinajstić information content (AvgIpc) is 3.28. The van der Waals surface area contributed by atoms with Crippen LogP contribution in [0.2, 0.25) is 0 Å². The summed E-state index contributed by atoms with van der Waals surface area (Å²) in [4.78, 5) is 12.9. The highest BCUT2D eigenvalue weighted by Gasteiger charge is 2.37. The summed E-state index contributed by atoms with van der Waals surface area (Å²) in [5.41, 5.74) is 2.05. The molecule has 0 radical (unpaired) electrons. The lowest BCUT2D eigenvalue weighted by Gasteiger charge is -2.28. The Bertz CT molecular complexity index is 905. The lowest BCUT2D eigenvalue weighted by Crippen LogP contribution is -2.38. The van der Waals surface area contributed by atoms with Crippen molar-refractivity contribution in [1.29, 1.82) is 0 Å². The van der Waals surface area contributed by atoms with Gasteiger partial charge in [-0.05, 0) is 61.4 Å². The molecule has 1 saturated carbocycles. The van der Waals surface area contributed by atoms with E-state index in [1.165, 1.54) is 11.8 Å². The molecule has 0 unspecified atom stereocenters. The topological polar surface area (TPSA) is 75.3 Å². The van der Waals surface area contributed by atoms with Crippen molar-refractivity contribution in [3.05, 3.63) is 45.6 Å². The van der Waals surface area contributed by atoms with Crippen LogP contribution in [0.5, 0.6) is 0 Å². The van der Waals surface area contributed by atoms with Gasteiger partial charge in [-0.1, -0.05) is 18.9 Å². The Kier molecular flexibility index (Phi) is 5.74. The second-order valence-electron chi connectivity index (χ2n) is 7.40. The van der Waals surface area contributed by atoms with E-state index in [1.807, 2.05) is 6.07 Å². The molecule has 1 amide bonds. The minimum atomic E-state index is -3.63. The van der Waals surface area contributed by atoms with E-state index in [2.05, 4.69) is 21.5 Å². The Balaban J connectivity index is 1.84. The lowest BCUT2D eigenvalue weighted by molar-refractivity contribution is -0.114. The fourth-order valence-corrected chi connectivity index (χ4v) is 6.20. The maximum Gasteiger partial charge on any atom is 0.240 e. The van der Waals surface area contributed by atoms with Crippen molar-refractivity contribution < 1.29 is 13.2 Å². The van der Waals surface area contributed by atoms with Crippen LogP contribution in [0.3, 0.4) is 0 Å². The fourth-order valence-electron chi connectivity index (χ4n) is 3.91. The fraction of sp³-hybridized carbons (Fsp3) is 0.450. The summed E-state index contributed by atoms with van der Waals surface area (Å²) in [6.45, 7) is 5.47. The molecular formula is C20H26N2O3S2. The number of hydrogen-bond donors (Lipinski definition) is 2. The van der Waals surface area contributed by atoms with Gasteiger partial charge in [-0.3, -0.25) is 4.79 Å². The van der Waals surface area contributed by atoms with Gasteiger partial charge in [0.1, 0.15) is 0 Å². The minimum Gasteiger partial charge on any atom is -0.326 e. The molecule has 0 saturated heterocycles. The molecule has 5 nitrogen and oxygen atoms in total. The molecule has 2 aromatic rings. The van der Waals surface area contributed by atoms with Gasteiger partial charge in [-0.25, -0.2) is 13.1 Å². The molecule has 2 N–H and O–H groups in total. The first kappa shape index (κ1) is 20.0. The van der Waals surface area contributed by atoms with E-state index in [4.69, 9.17) is 0 Å². The number of aryl methyl sites for hydroxylation is 2. The van der Waals surface area contributed by atoms with Crippen molar-refractivity contribution in [3.8, 4) is 0 Å². The molecule has 0 aliphatic heterocycles. The van der Waals surface area contributed by atoms with Crippen LogP contribution in [0.4, 0.5) is 5.69 Å². The van der Waals surface area contributed by atoms with E-state index in [1.54, 1.807) is 37.3 Å². The number of hydrogen-bond acceptors (Lipinski definition) is 4. The van der Waals surface area contributed by atoms with Crippen LogP contribution in [0.25, 0.3) is 0 Å². The molecule has 3 rings (SSSR count). The van der Waals surface area contributed by atoms with Crippen molar-refractivity contribution in [1.82, 2.24) is 4.72 Å². The first-order valence-corrected chi connectivity index (χ1v) is 11.5. The third-order valence-electron chi connectivity index (χ3n) is 5.32. The molecule has 146 valence electrons. The van der Waals surface area contributed by atoms with E-state index in [9.17, 15) is 13.2 Å². The zero-order chi connectivity index (χ0) is 19.7. The molecule has 7 heteroatoms. The Morgan fingerprint density at radius 1 is 1.19 bits per heavy atom. The van der Waals surface area contributed by atoms with Crippen LogP contribution in [-0.2, 0) is 20.2 Å². The second kappa shape index (κ2) is 7.73. The summed E-state index contributed by atoms with van der Waals surface area (Å²) in [7, 11) is -3.63. The van der Waals surface area contributed by atoms with Crippen LogP contribution >= 0.6 is 11.3 Å². The summed E-state index contributed by atoms with van der Waals surface area (Å²) < 4.78 is 28.7. The zero-order valence-corrected chi connectivity index (χ0v) is 17.6. The van der Waals surface area contributed by atoms with Crippen molar-refractivity contribution in [2.75, 3.05) is 11.9 Å². The number of anilines is 1. The van der Waals surface area contributed by atoms with E-state index in [0.29, 0.717) is 12.2 Å². The number of carbonyl (C=O) groups excluding carboxylic acids is 1. The number of nitrogens with one attached hydrogen (secondary N) is 2. The zero-order valence-electron chi connectivity index (χ0n) is 16.0. The lowest BCUT2D eigenvalue weighted by atomic mass is 9.85. The molecule has 0 atom stereocenters. The number of benzene rings is 1. The van der Waals surface area contributed by atoms with Crippen molar-refractivity contribution in [2.24, 2.45) is 0 Å². The van der Waals surface area contributed by atoms with Gasteiger partial charge in [0, 0.05) is 29.4 Å². The molecule has 1 aromatic carbocycles. The SMILES string of the molecule is CC(=O)Nc1c(C)cc(S(=O)(=O)NCC2(c3cccs3)CCCC2)cc1C. The van der Waals surface area contributed by atoms with Crippen LogP contribution in [0.15, 0.2) is 34.5 Å². The number of rotatable bonds is 6. The standard InChI is InChI=1S/C20H26N2O3S2/c1-14-11-17(12-15(2)19(14)22-16(3)23)27(24,25)21-13-20(8-4-5-9-20)18-7-6-10-26-18/h6-7,10-12,21H,4-5,8-9,13H2,1-3H3,(H,22,23). The molecule has 1 fully saturated rings. The molecule has 1 aliphatic carbocycles. The van der Waals surface area contributed by atoms with E-state index >= 15 is 0 Å². The van der Waals surface area contributed by atoms with Gasteiger partial charge >= 0.3 is 0 Å². The summed E-state index contributed by atoms with van der Waals surface area (Å²) >= 11 is 1.70. The predicted molar refractivity (Wildman–Crippen MR) is 110 cm³/mol. The van der Waals surface area contributed by atoms with Crippen molar-refractivity contribution in [3.63, 3.8) is 0 Å². The van der Waals surface area contributed by atoms with Gasteiger partial charge in [0.2, 0.25) is 15.9 Å². The highest BCUT2D eigenvalue weighted by molar-refractivity contribution is 7.89. The minimum absolute atomic E-state index is 0.0958. The van der Waals surface area contributed by atoms with E-state index in [-0.39, 0.29) is 16.2 Å². The number of carbonyl (C=O) groups is 1. The molecule has 0 bridgehead atoms. The molecule has 1 aromatic heterocycles. The van der Waals surface area contributed by atoms with Gasteiger partial charge in [0.05, 0.1) is 4.90 Å². The van der Waals surface area contributed by atoms with Crippen LogP contribution in [-0.4, -0.2) is 20.9 Å². The van der Waals surface area contributed by atoms with Gasteiger partial charge in [-0.2, -0.15) is 0 Å². The maximum absolute atomic E-state index is 12.9. The van der Waals surface area contributed by atoms with E-state index < -0.39 is 10.0 Å². The number of amides is 1. The van der Waals surface area contributed by atoms with Gasteiger partial charge in [0.25, 0.3) is 0 Å².